The van der Waals surface area contributed by atoms with E-state index in [-0.39, 0.29) is 16.3 Å². The highest BCUT2D eigenvalue weighted by molar-refractivity contribution is 7.92. The van der Waals surface area contributed by atoms with Crippen molar-refractivity contribution in [3.63, 3.8) is 0 Å². The van der Waals surface area contributed by atoms with Crippen LogP contribution in [0.1, 0.15) is 18.9 Å². The van der Waals surface area contributed by atoms with Crippen LogP contribution in [0, 0.1) is 5.82 Å². The summed E-state index contributed by atoms with van der Waals surface area (Å²) in [7, 11) is -3.70. The van der Waals surface area contributed by atoms with E-state index in [1.807, 2.05) is 0 Å². The number of rotatable bonds is 5. The van der Waals surface area contributed by atoms with E-state index in [1.54, 1.807) is 24.3 Å². The molecule has 0 aliphatic rings. The van der Waals surface area contributed by atoms with Crippen LogP contribution in [0.25, 0.3) is 0 Å². The smallest absolute Gasteiger partial charge is 0.261 e. The lowest BCUT2D eigenvalue weighted by Gasteiger charge is -2.09. The molecule has 0 bridgehead atoms. The van der Waals surface area contributed by atoms with Gasteiger partial charge in [0.1, 0.15) is 5.82 Å². The third-order valence-electron chi connectivity index (χ3n) is 3.02. The average Bonchev–Trinajstić information content (AvgIpc) is 2.44. The summed E-state index contributed by atoms with van der Waals surface area (Å²) in [4.78, 5) is 0.158. The second kappa shape index (κ2) is 6.13. The number of hydrogen-bond donors (Lipinski definition) is 2. The summed E-state index contributed by atoms with van der Waals surface area (Å²) < 4.78 is 39.9. The molecular formula is C15H17FN2O2S. The molecule has 2 rings (SSSR count). The molecule has 2 aromatic carbocycles. The molecule has 4 nitrogen and oxygen atoms in total. The third kappa shape index (κ3) is 3.72. The summed E-state index contributed by atoms with van der Waals surface area (Å²) in [6.07, 6.45) is 1.90. The Bertz CT molecular complexity index is 728. The Balaban J connectivity index is 2.23. The summed E-state index contributed by atoms with van der Waals surface area (Å²) >= 11 is 0. The Hall–Kier alpha value is -2.08. The fraction of sp³-hybridized carbons (Fsp3) is 0.200. The number of nitrogens with two attached hydrogens (primary N) is 1. The van der Waals surface area contributed by atoms with Crippen LogP contribution in [0.2, 0.25) is 0 Å². The summed E-state index contributed by atoms with van der Waals surface area (Å²) in [5.74, 6) is -0.582. The average molecular weight is 308 g/mol. The monoisotopic (exact) mass is 308 g/mol. The molecule has 112 valence electrons. The predicted molar refractivity (Wildman–Crippen MR) is 82.1 cm³/mol. The van der Waals surface area contributed by atoms with Crippen LogP contribution in [0.3, 0.4) is 0 Å². The Morgan fingerprint density at radius 2 is 1.81 bits per heavy atom. The van der Waals surface area contributed by atoms with Gasteiger partial charge in [-0.15, -0.1) is 0 Å². The van der Waals surface area contributed by atoms with Gasteiger partial charge in [0.25, 0.3) is 10.0 Å². The van der Waals surface area contributed by atoms with Gasteiger partial charge in [0.15, 0.2) is 0 Å². The van der Waals surface area contributed by atoms with Crippen LogP contribution in [0.4, 0.5) is 15.8 Å². The van der Waals surface area contributed by atoms with Gasteiger partial charge in [0.2, 0.25) is 0 Å². The van der Waals surface area contributed by atoms with Crippen molar-refractivity contribution < 1.29 is 12.8 Å². The zero-order valence-electron chi connectivity index (χ0n) is 11.6. The number of aryl methyl sites for hydroxylation is 1. The summed E-state index contributed by atoms with van der Waals surface area (Å²) in [5.41, 5.74) is 6.63. The molecule has 0 heterocycles. The Labute approximate surface area is 123 Å². The molecule has 0 amide bonds. The molecule has 0 saturated heterocycles. The van der Waals surface area contributed by atoms with Crippen molar-refractivity contribution in [2.75, 3.05) is 10.5 Å². The van der Waals surface area contributed by atoms with Crippen LogP contribution in [-0.4, -0.2) is 8.42 Å². The van der Waals surface area contributed by atoms with Gasteiger partial charge < -0.3 is 5.73 Å². The third-order valence-corrected chi connectivity index (χ3v) is 4.42. The second-order valence-electron chi connectivity index (χ2n) is 4.74. The minimum Gasteiger partial charge on any atom is -0.396 e. The van der Waals surface area contributed by atoms with Gasteiger partial charge in [-0.2, -0.15) is 0 Å². The number of anilines is 2. The first kappa shape index (κ1) is 15.3. The molecule has 0 unspecified atom stereocenters. The van der Waals surface area contributed by atoms with Gasteiger partial charge in [-0.25, -0.2) is 12.8 Å². The molecule has 0 fully saturated rings. The topological polar surface area (TPSA) is 72.2 Å². The maximum atomic E-state index is 13.1. The van der Waals surface area contributed by atoms with Gasteiger partial charge in [-0.3, -0.25) is 4.72 Å². The maximum absolute atomic E-state index is 13.1. The van der Waals surface area contributed by atoms with Crippen LogP contribution < -0.4 is 10.5 Å². The second-order valence-corrected chi connectivity index (χ2v) is 6.42. The van der Waals surface area contributed by atoms with Crippen LogP contribution in [0.15, 0.2) is 47.4 Å². The van der Waals surface area contributed by atoms with Gasteiger partial charge in [-0.05, 0) is 42.3 Å². The predicted octanol–water partition coefficient (Wildman–Crippen LogP) is 3.16. The lowest BCUT2D eigenvalue weighted by Crippen LogP contribution is -2.13. The first-order valence-corrected chi connectivity index (χ1v) is 8.07. The molecule has 0 radical (unpaired) electrons. The molecule has 6 heteroatoms. The van der Waals surface area contributed by atoms with E-state index in [9.17, 15) is 12.8 Å². The standard InChI is InChI=1S/C15H17FN2O2S/c1-2-3-11-4-7-13(8-5-11)21(19,20)18-12-6-9-14(16)15(17)10-12/h4-10,18H,2-3,17H2,1H3. The largest absolute Gasteiger partial charge is 0.396 e. The quantitative estimate of drug-likeness (QED) is 0.833. The van der Waals surface area contributed by atoms with Crippen LogP contribution in [-0.2, 0) is 16.4 Å². The van der Waals surface area contributed by atoms with Crippen molar-refractivity contribution in [1.29, 1.82) is 0 Å². The van der Waals surface area contributed by atoms with Gasteiger partial charge in [0, 0.05) is 0 Å². The number of halogens is 1. The molecule has 0 aliphatic carbocycles. The van der Waals surface area contributed by atoms with Crippen LogP contribution >= 0.6 is 0 Å². The molecular weight excluding hydrogens is 291 g/mol. The summed E-state index contributed by atoms with van der Waals surface area (Å²) in [5, 5.41) is 0. The first-order valence-electron chi connectivity index (χ1n) is 6.59. The fourth-order valence-corrected chi connectivity index (χ4v) is 2.99. The van der Waals surface area contributed by atoms with Gasteiger partial charge in [-0.1, -0.05) is 25.5 Å². The highest BCUT2D eigenvalue weighted by Gasteiger charge is 2.14. The SMILES string of the molecule is CCCc1ccc(S(=O)(=O)Nc2ccc(F)c(N)c2)cc1. The molecule has 0 aromatic heterocycles. The minimum absolute atomic E-state index is 0.103. The van der Waals surface area contributed by atoms with Gasteiger partial charge >= 0.3 is 0 Å². The number of benzene rings is 2. The highest BCUT2D eigenvalue weighted by Crippen LogP contribution is 2.20. The van der Waals surface area contributed by atoms with Crippen molar-refractivity contribution in [2.24, 2.45) is 0 Å². The maximum Gasteiger partial charge on any atom is 0.261 e. The Morgan fingerprint density at radius 1 is 1.14 bits per heavy atom. The van der Waals surface area contributed by atoms with E-state index < -0.39 is 15.8 Å². The molecule has 2 aromatic rings. The minimum atomic E-state index is -3.70. The molecule has 0 saturated carbocycles. The van der Waals surface area contributed by atoms with E-state index in [0.29, 0.717) is 0 Å². The Kier molecular flexibility index (Phi) is 4.47. The van der Waals surface area contributed by atoms with Crippen LogP contribution in [0.5, 0.6) is 0 Å². The lowest BCUT2D eigenvalue weighted by molar-refractivity contribution is 0.601. The molecule has 0 aliphatic heterocycles. The Morgan fingerprint density at radius 3 is 2.38 bits per heavy atom. The van der Waals surface area contributed by atoms with E-state index in [1.165, 1.54) is 12.1 Å². The zero-order valence-corrected chi connectivity index (χ0v) is 12.5. The molecule has 21 heavy (non-hydrogen) atoms. The zero-order chi connectivity index (χ0) is 15.5. The van der Waals surface area contributed by atoms with Crippen molar-refractivity contribution >= 4 is 21.4 Å². The van der Waals surface area contributed by atoms with Crippen molar-refractivity contribution in [1.82, 2.24) is 0 Å². The molecule has 3 N–H and O–H groups in total. The van der Waals surface area contributed by atoms with E-state index >= 15 is 0 Å². The normalized spacial score (nSPS) is 11.3. The van der Waals surface area contributed by atoms with Crippen molar-refractivity contribution in [3.8, 4) is 0 Å². The van der Waals surface area contributed by atoms with E-state index in [2.05, 4.69) is 11.6 Å². The van der Waals surface area contributed by atoms with Gasteiger partial charge in [0.05, 0.1) is 16.3 Å². The lowest BCUT2D eigenvalue weighted by atomic mass is 10.1. The summed E-state index contributed by atoms with van der Waals surface area (Å²) in [6, 6.07) is 10.4. The number of hydrogen-bond acceptors (Lipinski definition) is 3. The first-order chi connectivity index (χ1) is 9.92. The van der Waals surface area contributed by atoms with Crippen molar-refractivity contribution in [2.45, 2.75) is 24.7 Å². The molecule has 0 spiro atoms. The molecule has 0 atom stereocenters. The number of nitrogens with one attached hydrogen (secondary N) is 1. The number of nitrogen functional groups attached to an aromatic ring is 1. The highest BCUT2D eigenvalue weighted by atomic mass is 32.2. The van der Waals surface area contributed by atoms with E-state index in [0.717, 1.165) is 24.5 Å². The summed E-state index contributed by atoms with van der Waals surface area (Å²) in [6.45, 7) is 2.06. The van der Waals surface area contributed by atoms with Crippen molar-refractivity contribution in [3.05, 3.63) is 53.8 Å². The fourth-order valence-electron chi connectivity index (χ4n) is 1.95. The number of sulfonamides is 1. The van der Waals surface area contributed by atoms with E-state index in [4.69, 9.17) is 5.73 Å².